The number of nitrogens with zero attached hydrogens (tertiary/aromatic N) is 2. The smallest absolute Gasteiger partial charge is 0.111 e. The zero-order chi connectivity index (χ0) is 12.0. The molecule has 0 unspecified atom stereocenters. The van der Waals surface area contributed by atoms with Gasteiger partial charge in [0.2, 0.25) is 0 Å². The van der Waals surface area contributed by atoms with Crippen molar-refractivity contribution in [1.29, 1.82) is 0 Å². The number of nitrogens with two attached hydrogens (primary N) is 1. The van der Waals surface area contributed by atoms with Crippen LogP contribution in [0.1, 0.15) is 38.6 Å². The average Bonchev–Trinajstić information content (AvgIpc) is 2.98. The molecule has 2 N–H and O–H groups in total. The largest absolute Gasteiger partial charge is 0.325 e. The second kappa shape index (κ2) is 3.57. The Morgan fingerprint density at radius 3 is 2.71 bits per heavy atom. The fourth-order valence-electron chi connectivity index (χ4n) is 2.37. The van der Waals surface area contributed by atoms with E-state index in [0.29, 0.717) is 6.04 Å². The summed E-state index contributed by atoms with van der Waals surface area (Å²) >= 11 is 0. The van der Waals surface area contributed by atoms with Gasteiger partial charge in [0, 0.05) is 18.0 Å². The molecule has 0 spiro atoms. The third kappa shape index (κ3) is 2.07. The highest BCUT2D eigenvalue weighted by Gasteiger charge is 2.29. The summed E-state index contributed by atoms with van der Waals surface area (Å²) in [5.41, 5.74) is 8.28. The van der Waals surface area contributed by atoms with Crippen molar-refractivity contribution in [3.63, 3.8) is 0 Å². The molecule has 0 radical (unpaired) electrons. The predicted octanol–water partition coefficient (Wildman–Crippen LogP) is 2.65. The lowest BCUT2D eigenvalue weighted by Gasteiger charge is -2.18. The second-order valence-corrected chi connectivity index (χ2v) is 5.78. The van der Waals surface area contributed by atoms with Gasteiger partial charge in [-0.05, 0) is 38.8 Å². The molecule has 1 heterocycles. The summed E-state index contributed by atoms with van der Waals surface area (Å²) < 4.78 is 2.39. The molecule has 2 aromatic rings. The zero-order valence-corrected chi connectivity index (χ0v) is 10.5. The lowest BCUT2D eigenvalue weighted by molar-refractivity contribution is 0.488. The molecule has 17 heavy (non-hydrogen) atoms. The monoisotopic (exact) mass is 229 g/mol. The van der Waals surface area contributed by atoms with Crippen molar-refractivity contribution in [3.8, 4) is 0 Å². The van der Waals surface area contributed by atoms with Crippen LogP contribution in [0.25, 0.3) is 11.0 Å². The summed E-state index contributed by atoms with van der Waals surface area (Å²) in [6.07, 6.45) is 3.38. The van der Waals surface area contributed by atoms with E-state index >= 15 is 0 Å². The fraction of sp³-hybridized carbons (Fsp3) is 0.500. The average molecular weight is 229 g/mol. The standard InChI is InChI=1S/C14H19N3/c1-14(2,15)9-13-16-11-5-3-4-6-12(11)17(13)10-7-8-10/h3-6,10H,7-9,15H2,1-2H3. The van der Waals surface area contributed by atoms with Gasteiger partial charge in [0.15, 0.2) is 0 Å². The molecule has 1 fully saturated rings. The topological polar surface area (TPSA) is 43.8 Å². The number of rotatable bonds is 3. The molecule has 0 saturated heterocycles. The maximum atomic E-state index is 6.13. The Bertz CT molecular complexity index is 544. The number of aromatic nitrogens is 2. The molecule has 1 aliphatic rings. The van der Waals surface area contributed by atoms with Crippen LogP contribution in [0.15, 0.2) is 24.3 Å². The van der Waals surface area contributed by atoms with E-state index in [2.05, 4.69) is 36.6 Å². The SMILES string of the molecule is CC(C)(N)Cc1nc2ccccc2n1C1CC1. The quantitative estimate of drug-likeness (QED) is 0.879. The van der Waals surface area contributed by atoms with Gasteiger partial charge in [0.1, 0.15) is 5.82 Å². The van der Waals surface area contributed by atoms with Crippen LogP contribution in [0.5, 0.6) is 0 Å². The number of para-hydroxylation sites is 2. The first-order valence-electron chi connectivity index (χ1n) is 6.29. The van der Waals surface area contributed by atoms with E-state index in [0.717, 1.165) is 17.8 Å². The van der Waals surface area contributed by atoms with Crippen molar-refractivity contribution in [2.45, 2.75) is 44.7 Å². The Labute approximate surface area is 102 Å². The van der Waals surface area contributed by atoms with E-state index in [1.165, 1.54) is 18.4 Å². The highest BCUT2D eigenvalue weighted by Crippen LogP contribution is 2.39. The van der Waals surface area contributed by atoms with Gasteiger partial charge < -0.3 is 10.3 Å². The normalized spacial score (nSPS) is 16.6. The van der Waals surface area contributed by atoms with E-state index < -0.39 is 0 Å². The van der Waals surface area contributed by atoms with Gasteiger partial charge in [0.25, 0.3) is 0 Å². The molecular formula is C14H19N3. The third-order valence-corrected chi connectivity index (χ3v) is 3.19. The van der Waals surface area contributed by atoms with E-state index in [-0.39, 0.29) is 5.54 Å². The molecule has 3 heteroatoms. The molecule has 1 saturated carbocycles. The van der Waals surface area contributed by atoms with E-state index in [9.17, 15) is 0 Å². The highest BCUT2D eigenvalue weighted by molar-refractivity contribution is 5.76. The van der Waals surface area contributed by atoms with Crippen molar-refractivity contribution in [2.24, 2.45) is 5.73 Å². The van der Waals surface area contributed by atoms with Gasteiger partial charge in [-0.1, -0.05) is 12.1 Å². The summed E-state index contributed by atoms with van der Waals surface area (Å²) in [5.74, 6) is 1.14. The molecule has 1 aromatic carbocycles. The lowest BCUT2D eigenvalue weighted by Crippen LogP contribution is -2.35. The summed E-state index contributed by atoms with van der Waals surface area (Å²) in [7, 11) is 0. The first kappa shape index (κ1) is 10.8. The van der Waals surface area contributed by atoms with Gasteiger partial charge in [-0.15, -0.1) is 0 Å². The molecule has 1 aliphatic carbocycles. The summed E-state index contributed by atoms with van der Waals surface area (Å²) in [5, 5.41) is 0. The Kier molecular flexibility index (Phi) is 2.26. The van der Waals surface area contributed by atoms with E-state index in [1.807, 2.05) is 6.07 Å². The van der Waals surface area contributed by atoms with E-state index in [4.69, 9.17) is 10.7 Å². The molecule has 3 nitrogen and oxygen atoms in total. The maximum absolute atomic E-state index is 6.13. The lowest BCUT2D eigenvalue weighted by atomic mass is 10.0. The minimum absolute atomic E-state index is 0.200. The molecule has 0 bridgehead atoms. The first-order valence-corrected chi connectivity index (χ1v) is 6.29. The fourth-order valence-corrected chi connectivity index (χ4v) is 2.37. The van der Waals surface area contributed by atoms with Crippen LogP contribution < -0.4 is 5.73 Å². The van der Waals surface area contributed by atoms with Crippen molar-refractivity contribution in [2.75, 3.05) is 0 Å². The predicted molar refractivity (Wildman–Crippen MR) is 70.0 cm³/mol. The Balaban J connectivity index is 2.13. The van der Waals surface area contributed by atoms with Gasteiger partial charge in [0.05, 0.1) is 11.0 Å². The molecule has 90 valence electrons. The van der Waals surface area contributed by atoms with Crippen molar-refractivity contribution >= 4 is 11.0 Å². The van der Waals surface area contributed by atoms with Crippen molar-refractivity contribution in [1.82, 2.24) is 9.55 Å². The molecule has 0 amide bonds. The maximum Gasteiger partial charge on any atom is 0.111 e. The van der Waals surface area contributed by atoms with E-state index in [1.54, 1.807) is 0 Å². The number of hydrogen-bond acceptors (Lipinski definition) is 2. The van der Waals surface area contributed by atoms with Crippen LogP contribution >= 0.6 is 0 Å². The van der Waals surface area contributed by atoms with Crippen LogP contribution in [0.4, 0.5) is 0 Å². The molecule has 0 aliphatic heterocycles. The number of imidazole rings is 1. The van der Waals surface area contributed by atoms with Gasteiger partial charge in [-0.2, -0.15) is 0 Å². The zero-order valence-electron chi connectivity index (χ0n) is 10.5. The minimum atomic E-state index is -0.200. The van der Waals surface area contributed by atoms with Gasteiger partial charge >= 0.3 is 0 Å². The van der Waals surface area contributed by atoms with Crippen molar-refractivity contribution in [3.05, 3.63) is 30.1 Å². The van der Waals surface area contributed by atoms with Crippen LogP contribution in [-0.4, -0.2) is 15.1 Å². The number of fused-ring (bicyclic) bond motifs is 1. The third-order valence-electron chi connectivity index (χ3n) is 3.19. The summed E-state index contributed by atoms with van der Waals surface area (Å²) in [6.45, 7) is 4.12. The van der Waals surface area contributed by atoms with Crippen LogP contribution in [-0.2, 0) is 6.42 Å². The number of benzene rings is 1. The minimum Gasteiger partial charge on any atom is -0.325 e. The first-order chi connectivity index (χ1) is 8.04. The molecular weight excluding hydrogens is 210 g/mol. The number of hydrogen-bond donors (Lipinski definition) is 1. The second-order valence-electron chi connectivity index (χ2n) is 5.78. The van der Waals surface area contributed by atoms with Crippen LogP contribution in [0, 0.1) is 0 Å². The molecule has 1 aromatic heterocycles. The summed E-state index contributed by atoms with van der Waals surface area (Å²) in [6, 6.07) is 9.03. The Hall–Kier alpha value is -1.35. The highest BCUT2D eigenvalue weighted by atomic mass is 15.1. The van der Waals surface area contributed by atoms with Crippen molar-refractivity contribution < 1.29 is 0 Å². The Morgan fingerprint density at radius 2 is 2.06 bits per heavy atom. The molecule has 3 rings (SSSR count). The van der Waals surface area contributed by atoms with Crippen LogP contribution in [0.3, 0.4) is 0 Å². The van der Waals surface area contributed by atoms with Gasteiger partial charge in [-0.25, -0.2) is 4.98 Å². The Morgan fingerprint density at radius 1 is 1.35 bits per heavy atom. The van der Waals surface area contributed by atoms with Gasteiger partial charge in [-0.3, -0.25) is 0 Å². The summed E-state index contributed by atoms with van der Waals surface area (Å²) in [4.78, 5) is 4.74. The molecule has 0 atom stereocenters. The van der Waals surface area contributed by atoms with Crippen LogP contribution in [0.2, 0.25) is 0 Å².